The number of aryl methyl sites for hydroxylation is 1. The van der Waals surface area contributed by atoms with E-state index in [4.69, 9.17) is 0 Å². The molecule has 1 unspecified atom stereocenters. The summed E-state index contributed by atoms with van der Waals surface area (Å²) in [7, 11) is 1.91. The number of nitrogens with zero attached hydrogens (tertiary/aromatic N) is 2. The van der Waals surface area contributed by atoms with Crippen molar-refractivity contribution >= 4 is 11.4 Å². The highest BCUT2D eigenvalue weighted by molar-refractivity contribution is 5.56. The van der Waals surface area contributed by atoms with Gasteiger partial charge in [0.25, 0.3) is 5.69 Å². The van der Waals surface area contributed by atoms with Crippen LogP contribution in [0.3, 0.4) is 0 Å². The lowest BCUT2D eigenvalue weighted by molar-refractivity contribution is -0.384. The van der Waals surface area contributed by atoms with E-state index in [2.05, 4.69) is 0 Å². The molecule has 5 nitrogen and oxygen atoms in total. The van der Waals surface area contributed by atoms with Gasteiger partial charge in [0.05, 0.1) is 11.0 Å². The number of anilines is 1. The van der Waals surface area contributed by atoms with Crippen LogP contribution in [0.1, 0.15) is 18.9 Å². The number of non-ortho nitro benzene ring substituents is 1. The predicted octanol–water partition coefficient (Wildman–Crippen LogP) is 2.11. The fourth-order valence-corrected chi connectivity index (χ4v) is 1.68. The van der Waals surface area contributed by atoms with E-state index in [1.165, 1.54) is 6.07 Å². The third-order valence-corrected chi connectivity index (χ3v) is 2.68. The number of aliphatic hydroxyl groups is 1. The minimum absolute atomic E-state index is 0.107. The average Bonchev–Trinajstić information content (AvgIpc) is 2.25. The fraction of sp³-hybridized carbons (Fsp3) is 0.500. The molecule has 0 aromatic heterocycles. The van der Waals surface area contributed by atoms with Gasteiger partial charge in [0.1, 0.15) is 0 Å². The average molecular weight is 238 g/mol. The maximum Gasteiger partial charge on any atom is 0.269 e. The quantitative estimate of drug-likeness (QED) is 0.630. The van der Waals surface area contributed by atoms with E-state index >= 15 is 0 Å². The number of benzene rings is 1. The minimum atomic E-state index is -0.396. The van der Waals surface area contributed by atoms with E-state index in [1.54, 1.807) is 19.1 Å². The van der Waals surface area contributed by atoms with E-state index in [9.17, 15) is 15.2 Å². The monoisotopic (exact) mass is 238 g/mol. The van der Waals surface area contributed by atoms with Crippen molar-refractivity contribution in [2.75, 3.05) is 18.5 Å². The SMILES string of the molecule is Cc1cc([N+](=O)[O-])ccc1N(C)CCC(C)O. The minimum Gasteiger partial charge on any atom is -0.393 e. The summed E-state index contributed by atoms with van der Waals surface area (Å²) in [6.45, 7) is 4.31. The topological polar surface area (TPSA) is 66.6 Å². The predicted molar refractivity (Wildman–Crippen MR) is 67.4 cm³/mol. The second kappa shape index (κ2) is 5.63. The Labute approximate surface area is 101 Å². The van der Waals surface area contributed by atoms with Crippen molar-refractivity contribution in [3.05, 3.63) is 33.9 Å². The maximum absolute atomic E-state index is 10.6. The number of hydrogen-bond donors (Lipinski definition) is 1. The van der Waals surface area contributed by atoms with Gasteiger partial charge >= 0.3 is 0 Å². The molecule has 5 heteroatoms. The lowest BCUT2D eigenvalue weighted by Gasteiger charge is -2.21. The standard InChI is InChI=1S/C12H18N2O3/c1-9-8-11(14(16)17)4-5-12(9)13(3)7-6-10(2)15/h4-5,8,10,15H,6-7H2,1-3H3. The van der Waals surface area contributed by atoms with E-state index in [1.807, 2.05) is 18.9 Å². The highest BCUT2D eigenvalue weighted by atomic mass is 16.6. The van der Waals surface area contributed by atoms with Crippen LogP contribution in [0.5, 0.6) is 0 Å². The molecular weight excluding hydrogens is 220 g/mol. The first-order valence-electron chi connectivity index (χ1n) is 5.56. The molecule has 0 spiro atoms. The first-order chi connectivity index (χ1) is 7.91. The molecule has 0 radical (unpaired) electrons. The summed E-state index contributed by atoms with van der Waals surface area (Å²) >= 11 is 0. The molecule has 17 heavy (non-hydrogen) atoms. The zero-order valence-electron chi connectivity index (χ0n) is 10.4. The Morgan fingerprint density at radius 1 is 1.53 bits per heavy atom. The number of nitro benzene ring substituents is 1. The van der Waals surface area contributed by atoms with Crippen molar-refractivity contribution in [3.63, 3.8) is 0 Å². The molecule has 0 aliphatic heterocycles. The van der Waals surface area contributed by atoms with Crippen LogP contribution in [0.2, 0.25) is 0 Å². The normalized spacial score (nSPS) is 12.2. The highest BCUT2D eigenvalue weighted by Crippen LogP contribution is 2.24. The summed E-state index contributed by atoms with van der Waals surface area (Å²) in [6.07, 6.45) is 0.336. The maximum atomic E-state index is 10.6. The highest BCUT2D eigenvalue weighted by Gasteiger charge is 2.11. The van der Waals surface area contributed by atoms with Gasteiger partial charge in [-0.05, 0) is 31.9 Å². The van der Waals surface area contributed by atoms with Gasteiger partial charge in [0, 0.05) is 31.4 Å². The largest absolute Gasteiger partial charge is 0.393 e. The van der Waals surface area contributed by atoms with E-state index in [-0.39, 0.29) is 11.8 Å². The summed E-state index contributed by atoms with van der Waals surface area (Å²) in [5.74, 6) is 0. The molecule has 0 saturated carbocycles. The number of hydrogen-bond acceptors (Lipinski definition) is 4. The molecule has 0 saturated heterocycles. The van der Waals surface area contributed by atoms with Crippen molar-refractivity contribution < 1.29 is 10.0 Å². The third-order valence-electron chi connectivity index (χ3n) is 2.68. The Morgan fingerprint density at radius 2 is 2.18 bits per heavy atom. The zero-order valence-corrected chi connectivity index (χ0v) is 10.4. The Balaban J connectivity index is 2.81. The first-order valence-corrected chi connectivity index (χ1v) is 5.56. The van der Waals surface area contributed by atoms with Crippen LogP contribution in [0.4, 0.5) is 11.4 Å². The molecule has 1 rings (SSSR count). The van der Waals surface area contributed by atoms with Crippen molar-refractivity contribution in [3.8, 4) is 0 Å². The molecule has 0 bridgehead atoms. The van der Waals surface area contributed by atoms with Gasteiger partial charge in [-0.1, -0.05) is 0 Å². The van der Waals surface area contributed by atoms with E-state index in [0.717, 1.165) is 17.8 Å². The first kappa shape index (κ1) is 13.4. The third kappa shape index (κ3) is 3.71. The number of nitro groups is 1. The van der Waals surface area contributed by atoms with Crippen molar-refractivity contribution in [1.29, 1.82) is 0 Å². The lowest BCUT2D eigenvalue weighted by Crippen LogP contribution is -2.22. The molecule has 0 heterocycles. The molecule has 0 amide bonds. The summed E-state index contributed by atoms with van der Waals surface area (Å²) < 4.78 is 0. The van der Waals surface area contributed by atoms with E-state index < -0.39 is 4.92 Å². The molecular formula is C12H18N2O3. The molecule has 0 fully saturated rings. The van der Waals surface area contributed by atoms with Gasteiger partial charge in [-0.2, -0.15) is 0 Å². The summed E-state index contributed by atoms with van der Waals surface area (Å²) in [5.41, 5.74) is 1.93. The lowest BCUT2D eigenvalue weighted by atomic mass is 10.1. The fourth-order valence-electron chi connectivity index (χ4n) is 1.68. The van der Waals surface area contributed by atoms with Gasteiger partial charge in [-0.25, -0.2) is 0 Å². The number of aliphatic hydroxyl groups excluding tert-OH is 1. The Kier molecular flexibility index (Phi) is 4.45. The van der Waals surface area contributed by atoms with Gasteiger partial charge in [-0.15, -0.1) is 0 Å². The summed E-state index contributed by atoms with van der Waals surface area (Å²) in [4.78, 5) is 12.2. The van der Waals surface area contributed by atoms with Gasteiger partial charge in [0.15, 0.2) is 0 Å². The molecule has 0 aliphatic rings. The smallest absolute Gasteiger partial charge is 0.269 e. The van der Waals surface area contributed by atoms with Crippen molar-refractivity contribution in [2.45, 2.75) is 26.4 Å². The molecule has 1 atom stereocenters. The summed E-state index contributed by atoms with van der Waals surface area (Å²) in [6, 6.07) is 4.81. The second-order valence-electron chi connectivity index (χ2n) is 4.29. The molecule has 0 aliphatic carbocycles. The Hall–Kier alpha value is -1.62. The van der Waals surface area contributed by atoms with Crippen LogP contribution in [0.25, 0.3) is 0 Å². The molecule has 1 aromatic carbocycles. The number of rotatable bonds is 5. The summed E-state index contributed by atoms with van der Waals surface area (Å²) in [5, 5.41) is 19.8. The second-order valence-corrected chi connectivity index (χ2v) is 4.29. The van der Waals surface area contributed by atoms with Gasteiger partial charge in [-0.3, -0.25) is 10.1 Å². The van der Waals surface area contributed by atoms with E-state index in [0.29, 0.717) is 6.42 Å². The Morgan fingerprint density at radius 3 is 2.65 bits per heavy atom. The van der Waals surface area contributed by atoms with Gasteiger partial charge in [0.2, 0.25) is 0 Å². The van der Waals surface area contributed by atoms with Crippen LogP contribution in [0.15, 0.2) is 18.2 Å². The van der Waals surface area contributed by atoms with Crippen LogP contribution in [-0.2, 0) is 0 Å². The van der Waals surface area contributed by atoms with Crippen LogP contribution >= 0.6 is 0 Å². The van der Waals surface area contributed by atoms with Crippen LogP contribution < -0.4 is 4.90 Å². The van der Waals surface area contributed by atoms with Gasteiger partial charge < -0.3 is 10.0 Å². The molecule has 1 aromatic rings. The molecule has 1 N–H and O–H groups in total. The van der Waals surface area contributed by atoms with Crippen molar-refractivity contribution in [2.24, 2.45) is 0 Å². The van der Waals surface area contributed by atoms with Crippen molar-refractivity contribution in [1.82, 2.24) is 0 Å². The zero-order chi connectivity index (χ0) is 13.0. The molecule has 94 valence electrons. The van der Waals surface area contributed by atoms with Crippen LogP contribution in [0, 0.1) is 17.0 Å². The van der Waals surface area contributed by atoms with Crippen LogP contribution in [-0.4, -0.2) is 29.7 Å². The Bertz CT molecular complexity index is 405.